The molecule has 6 heteroatoms. The normalized spacial score (nSPS) is 19.9. The molecule has 1 fully saturated rings. The van der Waals surface area contributed by atoms with Gasteiger partial charge < -0.3 is 14.9 Å². The van der Waals surface area contributed by atoms with E-state index >= 15 is 0 Å². The molecule has 0 bridgehead atoms. The average molecular weight is 288 g/mol. The Labute approximate surface area is 119 Å². The minimum atomic E-state index is -0.760. The van der Waals surface area contributed by atoms with Crippen LogP contribution in [-0.4, -0.2) is 65.1 Å². The molecule has 0 spiro atoms. The van der Waals surface area contributed by atoms with E-state index in [1.54, 1.807) is 28.5 Å². The van der Waals surface area contributed by atoms with E-state index in [0.29, 0.717) is 25.9 Å². The fraction of sp³-hybridized carbons (Fsp3) is 0.846. The van der Waals surface area contributed by atoms with Gasteiger partial charge in [0.2, 0.25) is 0 Å². The number of aliphatic carboxylic acids is 1. The van der Waals surface area contributed by atoms with Crippen LogP contribution in [-0.2, 0) is 4.79 Å². The number of likely N-dealkylation sites (tertiary alicyclic amines) is 1. The SMILES string of the molecule is CSCC(C)N(C)C(=O)N1CCC(C)(C(=O)O)CC1. The number of carboxylic acids is 1. The van der Waals surface area contributed by atoms with Gasteiger partial charge in [0.15, 0.2) is 0 Å². The summed E-state index contributed by atoms with van der Waals surface area (Å²) in [5.41, 5.74) is -0.680. The van der Waals surface area contributed by atoms with Crippen molar-refractivity contribution < 1.29 is 14.7 Å². The van der Waals surface area contributed by atoms with Crippen molar-refractivity contribution in [2.75, 3.05) is 32.1 Å². The Bertz CT molecular complexity index is 341. The van der Waals surface area contributed by atoms with Crippen molar-refractivity contribution in [3.63, 3.8) is 0 Å². The molecular formula is C13H24N2O3S. The number of nitrogens with zero attached hydrogens (tertiary/aromatic N) is 2. The number of hydrogen-bond donors (Lipinski definition) is 1. The van der Waals surface area contributed by atoms with E-state index in [1.165, 1.54) is 0 Å². The third-order valence-corrected chi connectivity index (χ3v) is 4.84. The Morgan fingerprint density at radius 3 is 2.37 bits per heavy atom. The third kappa shape index (κ3) is 3.78. The van der Waals surface area contributed by atoms with E-state index in [-0.39, 0.29) is 12.1 Å². The van der Waals surface area contributed by atoms with E-state index in [0.717, 1.165) is 5.75 Å². The van der Waals surface area contributed by atoms with Gasteiger partial charge >= 0.3 is 12.0 Å². The summed E-state index contributed by atoms with van der Waals surface area (Å²) >= 11 is 1.72. The highest BCUT2D eigenvalue weighted by Crippen LogP contribution is 2.31. The molecule has 1 rings (SSSR count). The van der Waals surface area contributed by atoms with Crippen molar-refractivity contribution in [1.29, 1.82) is 0 Å². The molecule has 110 valence electrons. The smallest absolute Gasteiger partial charge is 0.320 e. The van der Waals surface area contributed by atoms with E-state index in [4.69, 9.17) is 0 Å². The largest absolute Gasteiger partial charge is 0.481 e. The quantitative estimate of drug-likeness (QED) is 0.859. The first-order chi connectivity index (χ1) is 8.81. The maximum atomic E-state index is 12.3. The lowest BCUT2D eigenvalue weighted by Gasteiger charge is -2.39. The molecule has 1 N–H and O–H groups in total. The minimum absolute atomic E-state index is 0.00832. The molecule has 1 heterocycles. The molecule has 0 radical (unpaired) electrons. The van der Waals surface area contributed by atoms with E-state index in [1.807, 2.05) is 20.2 Å². The van der Waals surface area contributed by atoms with Crippen molar-refractivity contribution in [3.05, 3.63) is 0 Å². The second-order valence-corrected chi connectivity index (χ2v) is 6.46. The highest BCUT2D eigenvalue weighted by molar-refractivity contribution is 7.98. The number of rotatable bonds is 4. The second-order valence-electron chi connectivity index (χ2n) is 5.55. The van der Waals surface area contributed by atoms with Crippen LogP contribution in [0.4, 0.5) is 4.79 Å². The van der Waals surface area contributed by atoms with Crippen LogP contribution in [0.5, 0.6) is 0 Å². The first kappa shape index (κ1) is 16.1. The molecule has 1 aliphatic heterocycles. The molecule has 1 atom stereocenters. The molecule has 1 saturated heterocycles. The van der Waals surface area contributed by atoms with Crippen LogP contribution in [0, 0.1) is 5.41 Å². The zero-order chi connectivity index (χ0) is 14.6. The first-order valence-corrected chi connectivity index (χ1v) is 7.95. The van der Waals surface area contributed by atoms with Gasteiger partial charge in [-0.15, -0.1) is 0 Å². The number of piperidine rings is 1. The van der Waals surface area contributed by atoms with Gasteiger partial charge in [0.1, 0.15) is 0 Å². The first-order valence-electron chi connectivity index (χ1n) is 6.56. The van der Waals surface area contributed by atoms with Crippen LogP contribution in [0.1, 0.15) is 26.7 Å². The highest BCUT2D eigenvalue weighted by atomic mass is 32.2. The second kappa shape index (κ2) is 6.50. The summed E-state index contributed by atoms with van der Waals surface area (Å²) in [6.45, 7) is 4.84. The Balaban J connectivity index is 2.55. The molecule has 0 aromatic heterocycles. The van der Waals surface area contributed by atoms with Crippen LogP contribution >= 0.6 is 11.8 Å². The van der Waals surface area contributed by atoms with Crippen LogP contribution in [0.3, 0.4) is 0 Å². The predicted molar refractivity (Wildman–Crippen MR) is 77.6 cm³/mol. The summed E-state index contributed by atoms with van der Waals surface area (Å²) in [7, 11) is 1.81. The number of thioether (sulfide) groups is 1. The van der Waals surface area contributed by atoms with Crippen molar-refractivity contribution in [2.45, 2.75) is 32.7 Å². The van der Waals surface area contributed by atoms with Gasteiger partial charge in [0, 0.05) is 31.9 Å². The van der Waals surface area contributed by atoms with Crippen molar-refractivity contribution in [3.8, 4) is 0 Å². The predicted octanol–water partition coefficient (Wildman–Crippen LogP) is 1.98. The number of amides is 2. The number of carbonyl (C=O) groups is 2. The minimum Gasteiger partial charge on any atom is -0.481 e. The lowest BCUT2D eigenvalue weighted by atomic mass is 9.80. The number of carboxylic acid groups (broad SMARTS) is 1. The van der Waals surface area contributed by atoms with Gasteiger partial charge in [0.25, 0.3) is 0 Å². The van der Waals surface area contributed by atoms with Crippen molar-refractivity contribution >= 4 is 23.8 Å². The lowest BCUT2D eigenvalue weighted by molar-refractivity contribution is -0.150. The molecule has 0 aliphatic carbocycles. The summed E-state index contributed by atoms with van der Waals surface area (Å²) in [5, 5.41) is 9.17. The van der Waals surface area contributed by atoms with Gasteiger partial charge in [-0.25, -0.2) is 4.79 Å². The molecule has 0 aromatic carbocycles. The zero-order valence-electron chi connectivity index (χ0n) is 12.2. The summed E-state index contributed by atoms with van der Waals surface area (Å²) in [5.74, 6) is 0.145. The summed E-state index contributed by atoms with van der Waals surface area (Å²) in [6.07, 6.45) is 3.08. The molecule has 19 heavy (non-hydrogen) atoms. The molecule has 0 aromatic rings. The summed E-state index contributed by atoms with van der Waals surface area (Å²) in [4.78, 5) is 27.0. The number of carbonyl (C=O) groups excluding carboxylic acids is 1. The Morgan fingerprint density at radius 2 is 1.95 bits per heavy atom. The van der Waals surface area contributed by atoms with Gasteiger partial charge in [-0.3, -0.25) is 4.79 Å². The number of hydrogen-bond acceptors (Lipinski definition) is 3. The zero-order valence-corrected chi connectivity index (χ0v) is 13.0. The van der Waals surface area contributed by atoms with Crippen LogP contribution in [0.25, 0.3) is 0 Å². The average Bonchev–Trinajstić information content (AvgIpc) is 2.38. The topological polar surface area (TPSA) is 60.9 Å². The van der Waals surface area contributed by atoms with Gasteiger partial charge in [-0.05, 0) is 32.9 Å². The molecule has 0 saturated carbocycles. The van der Waals surface area contributed by atoms with Crippen LogP contribution in [0.15, 0.2) is 0 Å². The number of urea groups is 1. The monoisotopic (exact) mass is 288 g/mol. The standard InChI is InChI=1S/C13H24N2O3S/c1-10(9-19-4)14(3)12(18)15-7-5-13(2,6-8-15)11(16)17/h10H,5-9H2,1-4H3,(H,16,17). The fourth-order valence-corrected chi connectivity index (χ4v) is 2.88. The maximum Gasteiger partial charge on any atom is 0.320 e. The molecule has 1 unspecified atom stereocenters. The molecule has 5 nitrogen and oxygen atoms in total. The van der Waals surface area contributed by atoms with Crippen molar-refractivity contribution in [2.24, 2.45) is 5.41 Å². The Kier molecular flexibility index (Phi) is 5.52. The molecule has 1 aliphatic rings. The third-order valence-electron chi connectivity index (χ3n) is 4.02. The van der Waals surface area contributed by atoms with Gasteiger partial charge in [-0.2, -0.15) is 11.8 Å². The molecular weight excluding hydrogens is 264 g/mol. The van der Waals surface area contributed by atoms with Crippen LogP contribution in [0.2, 0.25) is 0 Å². The lowest BCUT2D eigenvalue weighted by Crippen LogP contribution is -2.51. The Morgan fingerprint density at radius 1 is 1.42 bits per heavy atom. The fourth-order valence-electron chi connectivity index (χ4n) is 2.17. The molecule has 2 amide bonds. The van der Waals surface area contributed by atoms with Crippen LogP contribution < -0.4 is 0 Å². The maximum absolute atomic E-state index is 12.3. The Hall–Kier alpha value is -0.910. The van der Waals surface area contributed by atoms with Gasteiger partial charge in [-0.1, -0.05) is 0 Å². The van der Waals surface area contributed by atoms with E-state index in [9.17, 15) is 14.7 Å². The van der Waals surface area contributed by atoms with Crippen molar-refractivity contribution in [1.82, 2.24) is 9.80 Å². The summed E-state index contributed by atoms with van der Waals surface area (Å²) in [6, 6.07) is 0.198. The van der Waals surface area contributed by atoms with E-state index < -0.39 is 11.4 Å². The van der Waals surface area contributed by atoms with Gasteiger partial charge in [0.05, 0.1) is 5.41 Å². The van der Waals surface area contributed by atoms with E-state index in [2.05, 4.69) is 0 Å². The summed E-state index contributed by atoms with van der Waals surface area (Å²) < 4.78 is 0. The highest BCUT2D eigenvalue weighted by Gasteiger charge is 2.38.